The second-order valence-electron chi connectivity index (χ2n) is 4.93. The van der Waals surface area contributed by atoms with Crippen molar-refractivity contribution < 1.29 is 9.72 Å². The number of benzene rings is 1. The number of nitrogens with two attached hydrogens (primary N) is 1. The van der Waals surface area contributed by atoms with Crippen LogP contribution in [0.1, 0.15) is 29.6 Å². The maximum atomic E-state index is 12.2. The van der Waals surface area contributed by atoms with Gasteiger partial charge in [0.2, 0.25) is 0 Å². The van der Waals surface area contributed by atoms with Gasteiger partial charge < -0.3 is 11.1 Å². The summed E-state index contributed by atoms with van der Waals surface area (Å²) in [6, 6.07) is 4.43. The molecule has 0 spiro atoms. The van der Waals surface area contributed by atoms with E-state index >= 15 is 0 Å². The normalized spacial score (nSPS) is 20.7. The van der Waals surface area contributed by atoms with Crippen molar-refractivity contribution in [3.63, 3.8) is 0 Å². The van der Waals surface area contributed by atoms with Crippen LogP contribution in [0.2, 0.25) is 0 Å². The topological polar surface area (TPSA) is 98.3 Å². The average Bonchev–Trinajstić information content (AvgIpc) is 2.85. The molecule has 0 heterocycles. The van der Waals surface area contributed by atoms with Gasteiger partial charge >= 0.3 is 0 Å². The van der Waals surface area contributed by atoms with Gasteiger partial charge in [0.25, 0.3) is 11.6 Å². The molecule has 116 valence electrons. The van der Waals surface area contributed by atoms with Gasteiger partial charge in [-0.1, -0.05) is 22.4 Å². The van der Waals surface area contributed by atoms with Crippen LogP contribution in [-0.2, 0) is 0 Å². The van der Waals surface area contributed by atoms with Gasteiger partial charge in [-0.15, -0.1) is 12.4 Å². The van der Waals surface area contributed by atoms with E-state index in [1.165, 1.54) is 12.1 Å². The van der Waals surface area contributed by atoms with Crippen molar-refractivity contribution in [2.45, 2.75) is 25.3 Å². The lowest BCUT2D eigenvalue weighted by molar-refractivity contribution is -0.385. The highest BCUT2D eigenvalue weighted by atomic mass is 79.9. The van der Waals surface area contributed by atoms with E-state index in [0.717, 1.165) is 19.3 Å². The number of hydrogen-bond donors (Lipinski definition) is 2. The summed E-state index contributed by atoms with van der Waals surface area (Å²) in [7, 11) is 0. The minimum Gasteiger partial charge on any atom is -0.349 e. The van der Waals surface area contributed by atoms with Crippen LogP contribution in [0, 0.1) is 16.0 Å². The molecule has 1 amide bonds. The standard InChI is InChI=1S/C13H16BrN3O3.ClH/c14-9-4-5-10(12(6-9)17(19)20)13(18)16-11-3-1-2-8(11)7-15;/h4-6,8,11H,1-3,7,15H2,(H,16,18);1H. The summed E-state index contributed by atoms with van der Waals surface area (Å²) >= 11 is 3.17. The van der Waals surface area contributed by atoms with Crippen LogP contribution in [0.5, 0.6) is 0 Å². The fourth-order valence-electron chi connectivity index (χ4n) is 2.60. The van der Waals surface area contributed by atoms with E-state index in [2.05, 4.69) is 21.2 Å². The monoisotopic (exact) mass is 377 g/mol. The Morgan fingerprint density at radius 3 is 2.81 bits per heavy atom. The molecule has 1 aromatic carbocycles. The summed E-state index contributed by atoms with van der Waals surface area (Å²) in [6.45, 7) is 0.521. The van der Waals surface area contributed by atoms with Gasteiger partial charge in [0, 0.05) is 16.6 Å². The number of rotatable bonds is 4. The molecule has 1 saturated carbocycles. The SMILES string of the molecule is Cl.NCC1CCCC1NC(=O)c1ccc(Br)cc1[N+](=O)[O-]. The van der Waals surface area contributed by atoms with E-state index < -0.39 is 10.8 Å². The lowest BCUT2D eigenvalue weighted by Gasteiger charge is -2.19. The van der Waals surface area contributed by atoms with Crippen LogP contribution >= 0.6 is 28.3 Å². The molecular weight excluding hydrogens is 362 g/mol. The highest BCUT2D eigenvalue weighted by Gasteiger charge is 2.29. The van der Waals surface area contributed by atoms with Crippen molar-refractivity contribution in [2.24, 2.45) is 11.7 Å². The summed E-state index contributed by atoms with van der Waals surface area (Å²) in [4.78, 5) is 22.7. The predicted molar refractivity (Wildman–Crippen MR) is 85.7 cm³/mol. The Morgan fingerprint density at radius 1 is 1.48 bits per heavy atom. The molecule has 0 bridgehead atoms. The number of carbonyl (C=O) groups is 1. The first-order valence-corrected chi connectivity index (χ1v) is 7.27. The molecule has 0 radical (unpaired) electrons. The summed E-state index contributed by atoms with van der Waals surface area (Å²) in [5.74, 6) is -0.150. The van der Waals surface area contributed by atoms with Crippen LogP contribution in [0.15, 0.2) is 22.7 Å². The predicted octanol–water partition coefficient (Wildman–Crippen LogP) is 2.64. The molecule has 1 aliphatic carbocycles. The fraction of sp³-hybridized carbons (Fsp3) is 0.462. The van der Waals surface area contributed by atoms with E-state index in [9.17, 15) is 14.9 Å². The van der Waals surface area contributed by atoms with Crippen molar-refractivity contribution in [3.05, 3.63) is 38.3 Å². The van der Waals surface area contributed by atoms with Crippen molar-refractivity contribution in [1.29, 1.82) is 0 Å². The van der Waals surface area contributed by atoms with Crippen LogP contribution < -0.4 is 11.1 Å². The molecule has 21 heavy (non-hydrogen) atoms. The van der Waals surface area contributed by atoms with E-state index in [0.29, 0.717) is 11.0 Å². The Labute approximate surface area is 137 Å². The van der Waals surface area contributed by atoms with E-state index in [4.69, 9.17) is 5.73 Å². The Bertz CT molecular complexity index is 541. The van der Waals surface area contributed by atoms with Gasteiger partial charge in [-0.25, -0.2) is 0 Å². The van der Waals surface area contributed by atoms with E-state index in [1.54, 1.807) is 6.07 Å². The third-order valence-electron chi connectivity index (χ3n) is 3.68. The molecule has 8 heteroatoms. The lowest BCUT2D eigenvalue weighted by Crippen LogP contribution is -2.40. The molecule has 2 unspecified atom stereocenters. The molecule has 1 fully saturated rings. The van der Waals surface area contributed by atoms with Gasteiger partial charge in [0.1, 0.15) is 5.56 Å². The first kappa shape index (κ1) is 17.9. The number of carbonyl (C=O) groups excluding carboxylic acids is 1. The van der Waals surface area contributed by atoms with Crippen molar-refractivity contribution in [3.8, 4) is 0 Å². The highest BCUT2D eigenvalue weighted by Crippen LogP contribution is 2.27. The zero-order valence-electron chi connectivity index (χ0n) is 11.3. The Kier molecular flexibility index (Phi) is 6.57. The fourth-order valence-corrected chi connectivity index (χ4v) is 2.95. The third kappa shape index (κ3) is 4.15. The number of amides is 1. The molecule has 0 aliphatic heterocycles. The minimum absolute atomic E-state index is 0. The van der Waals surface area contributed by atoms with Gasteiger partial charge in [0.05, 0.1) is 4.92 Å². The zero-order chi connectivity index (χ0) is 14.7. The molecule has 2 rings (SSSR count). The van der Waals surface area contributed by atoms with Gasteiger partial charge in [-0.2, -0.15) is 0 Å². The van der Waals surface area contributed by atoms with Crippen LogP contribution in [-0.4, -0.2) is 23.4 Å². The van der Waals surface area contributed by atoms with Crippen LogP contribution in [0.3, 0.4) is 0 Å². The van der Waals surface area contributed by atoms with Gasteiger partial charge in [-0.05, 0) is 37.4 Å². The quantitative estimate of drug-likeness (QED) is 0.621. The zero-order valence-corrected chi connectivity index (χ0v) is 13.7. The molecular formula is C13H17BrClN3O3. The van der Waals surface area contributed by atoms with Crippen molar-refractivity contribution >= 4 is 39.9 Å². The number of hydrogen-bond acceptors (Lipinski definition) is 4. The number of halogens is 2. The number of nitrogens with zero attached hydrogens (tertiary/aromatic N) is 1. The molecule has 1 aromatic rings. The smallest absolute Gasteiger partial charge is 0.283 e. The first-order valence-electron chi connectivity index (χ1n) is 6.47. The second-order valence-corrected chi connectivity index (χ2v) is 5.84. The first-order chi connectivity index (χ1) is 9.52. The van der Waals surface area contributed by atoms with E-state index in [1.807, 2.05) is 0 Å². The van der Waals surface area contributed by atoms with Gasteiger partial charge in [-0.3, -0.25) is 14.9 Å². The largest absolute Gasteiger partial charge is 0.349 e. The summed E-state index contributed by atoms with van der Waals surface area (Å²) in [5, 5.41) is 13.9. The van der Waals surface area contributed by atoms with E-state index in [-0.39, 0.29) is 35.6 Å². The maximum Gasteiger partial charge on any atom is 0.283 e. The summed E-state index contributed by atoms with van der Waals surface area (Å²) < 4.78 is 0.571. The van der Waals surface area contributed by atoms with Crippen LogP contribution in [0.4, 0.5) is 5.69 Å². The van der Waals surface area contributed by atoms with Gasteiger partial charge in [0.15, 0.2) is 0 Å². The summed E-state index contributed by atoms with van der Waals surface area (Å²) in [6.07, 6.45) is 2.89. The molecule has 6 nitrogen and oxygen atoms in total. The number of nitrogens with one attached hydrogen (secondary N) is 1. The Hall–Kier alpha value is -1.18. The number of nitro benzene ring substituents is 1. The minimum atomic E-state index is -0.547. The molecule has 2 atom stereocenters. The highest BCUT2D eigenvalue weighted by molar-refractivity contribution is 9.10. The number of nitro groups is 1. The molecule has 3 N–H and O–H groups in total. The summed E-state index contributed by atoms with van der Waals surface area (Å²) in [5.41, 5.74) is 5.56. The van der Waals surface area contributed by atoms with Crippen LogP contribution in [0.25, 0.3) is 0 Å². The molecule has 0 saturated heterocycles. The maximum absolute atomic E-state index is 12.2. The Balaban J connectivity index is 0.00000220. The van der Waals surface area contributed by atoms with Crippen molar-refractivity contribution in [2.75, 3.05) is 6.54 Å². The molecule has 1 aliphatic rings. The lowest BCUT2D eigenvalue weighted by atomic mass is 10.0. The molecule has 0 aromatic heterocycles. The average molecular weight is 379 g/mol. The Morgan fingerprint density at radius 2 is 2.19 bits per heavy atom. The second kappa shape index (κ2) is 7.72. The van der Waals surface area contributed by atoms with Crippen molar-refractivity contribution in [1.82, 2.24) is 5.32 Å². The third-order valence-corrected chi connectivity index (χ3v) is 4.17.